The molecule has 0 radical (unpaired) electrons. The first-order valence-electron chi connectivity index (χ1n) is 5.79. The second kappa shape index (κ2) is 4.78. The molecular weight excluding hydrogens is 258 g/mol. The second-order valence-electron chi connectivity index (χ2n) is 4.23. The molecule has 5 heteroatoms. The van der Waals surface area contributed by atoms with Gasteiger partial charge in [0, 0.05) is 40.8 Å². The molecule has 0 unspecified atom stereocenters. The SMILES string of the molecule is NC(=O)c1cc2cnc(Cc3cccnc3)cc2s1. The van der Waals surface area contributed by atoms with Crippen molar-refractivity contribution in [3.8, 4) is 0 Å². The molecule has 3 heterocycles. The van der Waals surface area contributed by atoms with Crippen molar-refractivity contribution in [2.24, 2.45) is 5.73 Å². The molecule has 0 saturated heterocycles. The molecule has 0 aliphatic heterocycles. The zero-order chi connectivity index (χ0) is 13.2. The van der Waals surface area contributed by atoms with Crippen LogP contribution in [-0.2, 0) is 6.42 Å². The molecule has 2 N–H and O–H groups in total. The first-order chi connectivity index (χ1) is 9.22. The monoisotopic (exact) mass is 269 g/mol. The number of aromatic nitrogens is 2. The molecular formula is C14H11N3OS. The Morgan fingerprint density at radius 1 is 1.32 bits per heavy atom. The number of hydrogen-bond donors (Lipinski definition) is 1. The standard InChI is InChI=1S/C14H11N3OS/c15-14(18)13-5-10-8-17-11(6-12(10)19-13)4-9-2-1-3-16-7-9/h1-3,5-8H,4H2,(H2,15,18). The molecule has 19 heavy (non-hydrogen) atoms. The summed E-state index contributed by atoms with van der Waals surface area (Å²) in [5, 5.41) is 0.953. The summed E-state index contributed by atoms with van der Waals surface area (Å²) < 4.78 is 1.03. The average Bonchev–Trinajstić information content (AvgIpc) is 2.83. The van der Waals surface area contributed by atoms with Crippen LogP contribution in [0.5, 0.6) is 0 Å². The third-order valence-corrected chi connectivity index (χ3v) is 3.92. The zero-order valence-electron chi connectivity index (χ0n) is 10.0. The number of carbonyl (C=O) groups is 1. The van der Waals surface area contributed by atoms with E-state index in [1.807, 2.05) is 24.4 Å². The molecule has 0 aliphatic rings. The van der Waals surface area contributed by atoms with E-state index in [1.165, 1.54) is 11.3 Å². The highest BCUT2D eigenvalue weighted by Crippen LogP contribution is 2.25. The van der Waals surface area contributed by atoms with Crippen LogP contribution in [0.1, 0.15) is 20.9 Å². The van der Waals surface area contributed by atoms with E-state index in [0.29, 0.717) is 4.88 Å². The minimum Gasteiger partial charge on any atom is -0.365 e. The fourth-order valence-corrected chi connectivity index (χ4v) is 2.85. The molecule has 0 atom stereocenters. The van der Waals surface area contributed by atoms with E-state index in [4.69, 9.17) is 5.73 Å². The van der Waals surface area contributed by atoms with Crippen LogP contribution in [0.2, 0.25) is 0 Å². The van der Waals surface area contributed by atoms with E-state index in [2.05, 4.69) is 9.97 Å². The number of rotatable bonds is 3. The third kappa shape index (κ3) is 2.46. The molecule has 1 amide bonds. The predicted octanol–water partition coefficient (Wildman–Crippen LogP) is 2.38. The van der Waals surface area contributed by atoms with Crippen molar-refractivity contribution in [2.75, 3.05) is 0 Å². The maximum atomic E-state index is 11.2. The van der Waals surface area contributed by atoms with E-state index in [1.54, 1.807) is 18.5 Å². The van der Waals surface area contributed by atoms with Gasteiger partial charge in [-0.25, -0.2) is 0 Å². The van der Waals surface area contributed by atoms with Crippen LogP contribution in [-0.4, -0.2) is 15.9 Å². The Morgan fingerprint density at radius 2 is 2.21 bits per heavy atom. The molecule has 0 spiro atoms. The van der Waals surface area contributed by atoms with Crippen LogP contribution in [0.4, 0.5) is 0 Å². The smallest absolute Gasteiger partial charge is 0.258 e. The van der Waals surface area contributed by atoms with Crippen LogP contribution in [0.3, 0.4) is 0 Å². The topological polar surface area (TPSA) is 68.9 Å². The van der Waals surface area contributed by atoms with Crippen molar-refractivity contribution in [1.82, 2.24) is 9.97 Å². The van der Waals surface area contributed by atoms with Gasteiger partial charge in [-0.05, 0) is 23.8 Å². The highest BCUT2D eigenvalue weighted by atomic mass is 32.1. The van der Waals surface area contributed by atoms with Gasteiger partial charge in [0.15, 0.2) is 0 Å². The molecule has 0 aliphatic carbocycles. The van der Waals surface area contributed by atoms with Gasteiger partial charge >= 0.3 is 0 Å². The number of primary amides is 1. The van der Waals surface area contributed by atoms with Crippen LogP contribution in [0.15, 0.2) is 42.9 Å². The van der Waals surface area contributed by atoms with Crippen LogP contribution < -0.4 is 5.73 Å². The minimum absolute atomic E-state index is 0.394. The minimum atomic E-state index is -0.394. The maximum absolute atomic E-state index is 11.2. The predicted molar refractivity (Wildman–Crippen MR) is 75.2 cm³/mol. The summed E-state index contributed by atoms with van der Waals surface area (Å²) in [6.45, 7) is 0. The Bertz CT molecular complexity index is 737. The molecule has 4 nitrogen and oxygen atoms in total. The zero-order valence-corrected chi connectivity index (χ0v) is 10.9. The van der Waals surface area contributed by atoms with Gasteiger partial charge in [0.05, 0.1) is 4.88 Å². The van der Waals surface area contributed by atoms with Gasteiger partial charge in [0.1, 0.15) is 0 Å². The fraction of sp³-hybridized carbons (Fsp3) is 0.0714. The third-order valence-electron chi connectivity index (χ3n) is 2.81. The Labute approximate surface area is 113 Å². The Kier molecular flexibility index (Phi) is 2.97. The lowest BCUT2D eigenvalue weighted by molar-refractivity contribution is 0.100. The average molecular weight is 269 g/mol. The molecule has 0 bridgehead atoms. The molecule has 3 aromatic rings. The van der Waals surface area contributed by atoms with E-state index < -0.39 is 5.91 Å². The van der Waals surface area contributed by atoms with Crippen molar-refractivity contribution in [1.29, 1.82) is 0 Å². The van der Waals surface area contributed by atoms with Gasteiger partial charge in [-0.3, -0.25) is 14.8 Å². The Morgan fingerprint density at radius 3 is 2.95 bits per heavy atom. The summed E-state index contributed by atoms with van der Waals surface area (Å²) in [5.41, 5.74) is 7.35. The van der Waals surface area contributed by atoms with Crippen molar-refractivity contribution in [2.45, 2.75) is 6.42 Å². The molecule has 0 aromatic carbocycles. The molecule has 0 fully saturated rings. The Hall–Kier alpha value is -2.27. The van der Waals surface area contributed by atoms with Gasteiger partial charge in [0.2, 0.25) is 0 Å². The maximum Gasteiger partial charge on any atom is 0.258 e. The summed E-state index contributed by atoms with van der Waals surface area (Å²) in [6, 6.07) is 7.70. The number of hydrogen-bond acceptors (Lipinski definition) is 4. The second-order valence-corrected chi connectivity index (χ2v) is 5.31. The number of nitrogens with two attached hydrogens (primary N) is 1. The largest absolute Gasteiger partial charge is 0.365 e. The van der Waals surface area contributed by atoms with Gasteiger partial charge < -0.3 is 5.73 Å². The lowest BCUT2D eigenvalue weighted by Crippen LogP contribution is -2.07. The number of thiophene rings is 1. The summed E-state index contributed by atoms with van der Waals surface area (Å²) in [5.74, 6) is -0.394. The number of nitrogens with zero attached hydrogens (tertiary/aromatic N) is 2. The number of amides is 1. The van der Waals surface area contributed by atoms with Crippen molar-refractivity contribution in [3.05, 3.63) is 59.0 Å². The van der Waals surface area contributed by atoms with Crippen molar-refractivity contribution in [3.63, 3.8) is 0 Å². The molecule has 3 aromatic heterocycles. The number of fused-ring (bicyclic) bond motifs is 1. The lowest BCUT2D eigenvalue weighted by Gasteiger charge is -2.00. The van der Waals surface area contributed by atoms with E-state index in [0.717, 1.165) is 27.8 Å². The van der Waals surface area contributed by atoms with E-state index in [9.17, 15) is 4.79 Å². The van der Waals surface area contributed by atoms with Gasteiger partial charge in [-0.15, -0.1) is 11.3 Å². The van der Waals surface area contributed by atoms with Crippen molar-refractivity contribution >= 4 is 27.3 Å². The highest BCUT2D eigenvalue weighted by Gasteiger charge is 2.08. The van der Waals surface area contributed by atoms with E-state index >= 15 is 0 Å². The normalized spacial score (nSPS) is 10.7. The Balaban J connectivity index is 1.95. The first-order valence-corrected chi connectivity index (χ1v) is 6.61. The van der Waals surface area contributed by atoms with Crippen molar-refractivity contribution < 1.29 is 4.79 Å². The quantitative estimate of drug-likeness (QED) is 0.793. The summed E-state index contributed by atoms with van der Waals surface area (Å²) in [6.07, 6.45) is 6.09. The summed E-state index contributed by atoms with van der Waals surface area (Å²) >= 11 is 1.40. The van der Waals surface area contributed by atoms with Gasteiger partial charge in [-0.1, -0.05) is 6.07 Å². The number of pyridine rings is 2. The molecule has 0 saturated carbocycles. The van der Waals surface area contributed by atoms with Crippen LogP contribution in [0, 0.1) is 0 Å². The first kappa shape index (κ1) is 11.8. The fourth-order valence-electron chi connectivity index (χ4n) is 1.90. The van der Waals surface area contributed by atoms with E-state index in [-0.39, 0.29) is 0 Å². The van der Waals surface area contributed by atoms with Crippen LogP contribution in [0.25, 0.3) is 10.1 Å². The van der Waals surface area contributed by atoms with Crippen LogP contribution >= 0.6 is 11.3 Å². The number of carbonyl (C=O) groups excluding carboxylic acids is 1. The van der Waals surface area contributed by atoms with Gasteiger partial charge in [-0.2, -0.15) is 0 Å². The molecule has 3 rings (SSSR count). The summed E-state index contributed by atoms with van der Waals surface area (Å²) in [7, 11) is 0. The lowest BCUT2D eigenvalue weighted by atomic mass is 10.1. The molecule has 94 valence electrons. The summed E-state index contributed by atoms with van der Waals surface area (Å²) in [4.78, 5) is 20.2. The van der Waals surface area contributed by atoms with Gasteiger partial charge in [0.25, 0.3) is 5.91 Å². The highest BCUT2D eigenvalue weighted by molar-refractivity contribution is 7.20.